The van der Waals surface area contributed by atoms with Gasteiger partial charge in [0, 0.05) is 36.3 Å². The number of anilines is 1. The van der Waals surface area contributed by atoms with Gasteiger partial charge in [-0.3, -0.25) is 10.6 Å². The Hall–Kier alpha value is -0.750. The summed E-state index contributed by atoms with van der Waals surface area (Å²) >= 11 is 1.38. The van der Waals surface area contributed by atoms with Gasteiger partial charge in [-0.05, 0) is 31.7 Å². The fourth-order valence-electron chi connectivity index (χ4n) is 5.21. The number of para-hydroxylation sites is 2. The number of hydrogen-bond donors (Lipinski definition) is 2. The first-order valence-corrected chi connectivity index (χ1v) is 10.1. The van der Waals surface area contributed by atoms with Crippen molar-refractivity contribution in [1.29, 1.82) is 0 Å². The van der Waals surface area contributed by atoms with Crippen LogP contribution in [0.3, 0.4) is 0 Å². The lowest BCUT2D eigenvalue weighted by Gasteiger charge is -2.50. The third kappa shape index (κ3) is 2.49. The van der Waals surface area contributed by atoms with E-state index in [9.17, 15) is 0 Å². The van der Waals surface area contributed by atoms with Crippen molar-refractivity contribution in [2.45, 2.75) is 76.3 Å². The minimum Gasteiger partial charge on any atom is -0.258 e. The Morgan fingerprint density at radius 2 is 1.48 bits per heavy atom. The molecular formula is C18H29N4S+. The van der Waals surface area contributed by atoms with Crippen LogP contribution in [0.1, 0.15) is 64.2 Å². The molecule has 2 fully saturated rings. The van der Waals surface area contributed by atoms with E-state index in [1.54, 1.807) is 0 Å². The minimum absolute atomic E-state index is 0.666. The van der Waals surface area contributed by atoms with E-state index in [0.717, 1.165) is 4.59 Å². The highest BCUT2D eigenvalue weighted by molar-refractivity contribution is 7.94. The van der Waals surface area contributed by atoms with E-state index < -0.39 is 0 Å². The van der Waals surface area contributed by atoms with Crippen molar-refractivity contribution in [3.8, 4) is 0 Å². The highest BCUT2D eigenvalue weighted by Gasteiger charge is 2.56. The average molecular weight is 334 g/mol. The number of nitrogens with zero attached hydrogens (tertiary/aromatic N) is 2. The van der Waals surface area contributed by atoms with Crippen LogP contribution in [-0.4, -0.2) is 16.6 Å². The van der Waals surface area contributed by atoms with E-state index >= 15 is 0 Å². The predicted octanol–water partition coefficient (Wildman–Crippen LogP) is 4.74. The molecule has 23 heavy (non-hydrogen) atoms. The van der Waals surface area contributed by atoms with Gasteiger partial charge >= 0.3 is 0 Å². The van der Waals surface area contributed by atoms with E-state index in [4.69, 9.17) is 5.14 Å². The molecule has 126 valence electrons. The molecule has 1 heterocycles. The van der Waals surface area contributed by atoms with Crippen LogP contribution >= 0.6 is 12.1 Å². The highest BCUT2D eigenvalue weighted by Crippen LogP contribution is 2.51. The number of nitrogens with two attached hydrogens (primary N) is 1. The van der Waals surface area contributed by atoms with E-state index in [1.165, 1.54) is 87.7 Å². The topological polar surface area (TPSA) is 41.3 Å². The zero-order chi connectivity index (χ0) is 15.7. The third-order valence-electron chi connectivity index (χ3n) is 6.17. The van der Waals surface area contributed by atoms with Gasteiger partial charge in [0.25, 0.3) is 0 Å². The summed E-state index contributed by atoms with van der Waals surface area (Å²) in [4.78, 5) is 0. The quantitative estimate of drug-likeness (QED) is 0.619. The molecule has 1 aliphatic heterocycles. The third-order valence-corrected chi connectivity index (χ3v) is 6.73. The maximum atomic E-state index is 6.17. The molecule has 4 rings (SSSR count). The Bertz CT molecular complexity index is 520. The molecule has 0 radical (unpaired) electrons. The Morgan fingerprint density at radius 1 is 0.913 bits per heavy atom. The largest absolute Gasteiger partial charge is 0.258 e. The molecule has 5 heteroatoms. The van der Waals surface area contributed by atoms with E-state index in [2.05, 4.69) is 34.2 Å². The fraction of sp³-hybridized carbons (Fsp3) is 0.667. The Kier molecular flexibility index (Phi) is 4.54. The predicted molar refractivity (Wildman–Crippen MR) is 99.2 cm³/mol. The number of hydrazine groups is 1. The van der Waals surface area contributed by atoms with Crippen molar-refractivity contribution in [3.05, 3.63) is 24.3 Å². The Balaban J connectivity index is 1.82. The lowest BCUT2D eigenvalue weighted by molar-refractivity contribution is -0.0135. The van der Waals surface area contributed by atoms with Gasteiger partial charge in [0.15, 0.2) is 5.69 Å². The van der Waals surface area contributed by atoms with Gasteiger partial charge in [-0.15, -0.1) is 0 Å². The van der Waals surface area contributed by atoms with Gasteiger partial charge in [0.05, 0.1) is 12.1 Å². The average Bonchev–Trinajstić information content (AvgIpc) is 2.98. The normalized spacial score (nSPS) is 26.0. The zero-order valence-corrected chi connectivity index (χ0v) is 14.7. The van der Waals surface area contributed by atoms with Gasteiger partial charge in [-0.2, -0.15) is 4.59 Å². The van der Waals surface area contributed by atoms with Crippen molar-refractivity contribution >= 4 is 23.5 Å². The van der Waals surface area contributed by atoms with Crippen molar-refractivity contribution in [2.75, 3.05) is 5.43 Å². The summed E-state index contributed by atoms with van der Waals surface area (Å²) in [6.07, 6.45) is 13.5. The Labute approximate surface area is 144 Å². The van der Waals surface area contributed by atoms with E-state index in [0.29, 0.717) is 12.1 Å². The first-order valence-electron chi connectivity index (χ1n) is 9.29. The van der Waals surface area contributed by atoms with Crippen molar-refractivity contribution in [3.63, 3.8) is 0 Å². The highest BCUT2D eigenvalue weighted by atomic mass is 32.2. The van der Waals surface area contributed by atoms with Gasteiger partial charge in [0.1, 0.15) is 17.8 Å². The van der Waals surface area contributed by atoms with Crippen LogP contribution in [0, 0.1) is 0 Å². The van der Waals surface area contributed by atoms with Crippen LogP contribution in [-0.2, 0) is 0 Å². The molecule has 3 N–H and O–H groups in total. The number of benzene rings is 1. The van der Waals surface area contributed by atoms with Gasteiger partial charge < -0.3 is 0 Å². The second-order valence-corrected chi connectivity index (χ2v) is 7.89. The molecule has 1 aromatic carbocycles. The van der Waals surface area contributed by atoms with Crippen molar-refractivity contribution < 1.29 is 0 Å². The number of nitrogens with one attached hydrogen (secondary N) is 1. The van der Waals surface area contributed by atoms with Gasteiger partial charge in [0.2, 0.25) is 0 Å². The first-order chi connectivity index (χ1) is 11.4. The molecule has 0 spiro atoms. The molecule has 0 amide bonds. The van der Waals surface area contributed by atoms with Crippen molar-refractivity contribution in [2.24, 2.45) is 5.14 Å². The molecule has 0 unspecified atom stereocenters. The summed E-state index contributed by atoms with van der Waals surface area (Å²) in [5.74, 6) is 0. The van der Waals surface area contributed by atoms with Crippen LogP contribution in [0.15, 0.2) is 24.3 Å². The molecule has 2 saturated carbocycles. The second-order valence-electron chi connectivity index (χ2n) is 7.33. The smallest absolute Gasteiger partial charge is 0.180 e. The molecule has 2 aliphatic carbocycles. The van der Waals surface area contributed by atoms with Gasteiger partial charge in [-0.1, -0.05) is 25.0 Å². The number of hydrogen-bond acceptors (Lipinski definition) is 4. The van der Waals surface area contributed by atoms with Crippen LogP contribution in [0.5, 0.6) is 0 Å². The van der Waals surface area contributed by atoms with Crippen molar-refractivity contribution in [1.82, 2.24) is 9.12 Å². The molecule has 0 aromatic heterocycles. The molecule has 1 aromatic rings. The molecule has 3 aliphatic rings. The maximum absolute atomic E-state index is 6.17. The summed E-state index contributed by atoms with van der Waals surface area (Å²) in [7, 11) is 0. The van der Waals surface area contributed by atoms with E-state index in [-0.39, 0.29) is 0 Å². The number of quaternary nitrogens is 1. The fourth-order valence-corrected chi connectivity index (χ4v) is 5.87. The lowest BCUT2D eigenvalue weighted by atomic mass is 9.87. The molecule has 0 bridgehead atoms. The summed E-state index contributed by atoms with van der Waals surface area (Å²) in [5, 5.41) is 6.17. The van der Waals surface area contributed by atoms with Crippen LogP contribution in [0.4, 0.5) is 11.4 Å². The number of rotatable bonds is 3. The maximum Gasteiger partial charge on any atom is 0.180 e. The molecule has 4 nitrogen and oxygen atoms in total. The monoisotopic (exact) mass is 333 g/mol. The SMILES string of the molecule is NSN1Nc2ccccc2[N+]1(C1CCCCC1)C1CCCCC1. The van der Waals surface area contributed by atoms with Gasteiger partial charge in [-0.25, -0.2) is 0 Å². The Morgan fingerprint density at radius 3 is 2.04 bits per heavy atom. The first kappa shape index (κ1) is 15.8. The van der Waals surface area contributed by atoms with E-state index in [1.807, 2.05) is 0 Å². The zero-order valence-electron chi connectivity index (χ0n) is 13.9. The lowest BCUT2D eigenvalue weighted by Crippen LogP contribution is -2.69. The van der Waals surface area contributed by atoms with Crippen LogP contribution < -0.4 is 15.2 Å². The summed E-state index contributed by atoms with van der Waals surface area (Å²) in [5.41, 5.74) is 6.31. The number of fused-ring (bicyclic) bond motifs is 1. The summed E-state index contributed by atoms with van der Waals surface area (Å²) in [6.45, 7) is 0. The molecular weight excluding hydrogens is 304 g/mol. The summed E-state index contributed by atoms with van der Waals surface area (Å²) < 4.78 is 3.23. The van der Waals surface area contributed by atoms with Crippen LogP contribution in [0.2, 0.25) is 0 Å². The van der Waals surface area contributed by atoms with Crippen LogP contribution in [0.25, 0.3) is 0 Å². The minimum atomic E-state index is 0.666. The molecule has 0 saturated heterocycles. The summed E-state index contributed by atoms with van der Waals surface area (Å²) in [6, 6.07) is 10.2. The molecule has 0 atom stereocenters. The standard InChI is InChI=1S/C18H29N4S/c19-23-21-20-17-13-7-8-14-18(17)22(21,15-9-3-1-4-10-15)16-11-5-2-6-12-16/h7-8,13-16,20H,1-6,9-12,19H2/q+1. The second kappa shape index (κ2) is 6.63.